The van der Waals surface area contributed by atoms with Gasteiger partial charge in [-0.05, 0) is 30.5 Å². The van der Waals surface area contributed by atoms with Gasteiger partial charge in [-0.2, -0.15) is 5.26 Å². The minimum Gasteiger partial charge on any atom is -0.208 e. The van der Waals surface area contributed by atoms with Crippen molar-refractivity contribution < 1.29 is 8.42 Å². The second-order valence-corrected chi connectivity index (χ2v) is 5.94. The van der Waals surface area contributed by atoms with E-state index in [4.69, 9.17) is 5.26 Å². The van der Waals surface area contributed by atoms with Crippen LogP contribution in [0.15, 0.2) is 29.2 Å². The molecule has 0 aromatic heterocycles. The Morgan fingerprint density at radius 1 is 1.29 bits per heavy atom. The number of sulfonamides is 1. The highest BCUT2D eigenvalue weighted by molar-refractivity contribution is 7.89. The molecule has 1 aromatic carbocycles. The first-order valence-electron chi connectivity index (χ1n) is 5.60. The number of nitriles is 1. The maximum absolute atomic E-state index is 11.9. The Morgan fingerprint density at radius 2 is 1.94 bits per heavy atom. The molecule has 1 fully saturated rings. The standard InChI is InChI=1S/C12H14N2O2S/c13-9-8-10-4-6-12(7-5-10)17(15,16)14-11-2-1-3-11/h4-7,11,14H,1-3,8H2. The van der Waals surface area contributed by atoms with Crippen LogP contribution in [-0.4, -0.2) is 14.5 Å². The van der Waals surface area contributed by atoms with Crippen LogP contribution in [0.4, 0.5) is 0 Å². The third-order valence-electron chi connectivity index (χ3n) is 2.94. The monoisotopic (exact) mass is 250 g/mol. The van der Waals surface area contributed by atoms with Crippen LogP contribution in [0.25, 0.3) is 0 Å². The molecule has 2 rings (SSSR count). The second kappa shape index (κ2) is 4.86. The van der Waals surface area contributed by atoms with E-state index in [0.29, 0.717) is 6.42 Å². The van der Waals surface area contributed by atoms with Crippen molar-refractivity contribution in [1.82, 2.24) is 4.72 Å². The maximum Gasteiger partial charge on any atom is 0.240 e. The Morgan fingerprint density at radius 3 is 2.41 bits per heavy atom. The van der Waals surface area contributed by atoms with E-state index in [1.807, 2.05) is 6.07 Å². The van der Waals surface area contributed by atoms with Crippen LogP contribution in [0.3, 0.4) is 0 Å². The number of rotatable bonds is 4. The third-order valence-corrected chi connectivity index (χ3v) is 4.48. The summed E-state index contributed by atoms with van der Waals surface area (Å²) in [6, 6.07) is 8.58. The van der Waals surface area contributed by atoms with Gasteiger partial charge in [0, 0.05) is 6.04 Å². The van der Waals surface area contributed by atoms with Crippen molar-refractivity contribution in [2.45, 2.75) is 36.6 Å². The Balaban J connectivity index is 2.12. The summed E-state index contributed by atoms with van der Waals surface area (Å²) < 4.78 is 26.5. The van der Waals surface area contributed by atoms with Crippen molar-refractivity contribution in [3.63, 3.8) is 0 Å². The van der Waals surface area contributed by atoms with E-state index < -0.39 is 10.0 Å². The summed E-state index contributed by atoms with van der Waals surface area (Å²) >= 11 is 0. The van der Waals surface area contributed by atoms with E-state index in [1.54, 1.807) is 24.3 Å². The van der Waals surface area contributed by atoms with Gasteiger partial charge >= 0.3 is 0 Å². The molecule has 0 bridgehead atoms. The first-order valence-corrected chi connectivity index (χ1v) is 7.08. The summed E-state index contributed by atoms with van der Waals surface area (Å²) in [6.45, 7) is 0. The van der Waals surface area contributed by atoms with Gasteiger partial charge in [-0.25, -0.2) is 13.1 Å². The third kappa shape index (κ3) is 2.84. The Labute approximate surface area is 101 Å². The highest BCUT2D eigenvalue weighted by Gasteiger charge is 2.24. The zero-order chi connectivity index (χ0) is 12.3. The normalized spacial score (nSPS) is 16.2. The van der Waals surface area contributed by atoms with Crippen molar-refractivity contribution >= 4 is 10.0 Å². The summed E-state index contributed by atoms with van der Waals surface area (Å²) in [5, 5.41) is 8.53. The molecule has 0 heterocycles. The van der Waals surface area contributed by atoms with Crippen LogP contribution in [-0.2, 0) is 16.4 Å². The van der Waals surface area contributed by atoms with Crippen molar-refractivity contribution in [3.8, 4) is 6.07 Å². The summed E-state index contributed by atoms with van der Waals surface area (Å²) in [7, 11) is -3.38. The first kappa shape index (κ1) is 12.1. The van der Waals surface area contributed by atoms with E-state index in [9.17, 15) is 8.42 Å². The van der Waals surface area contributed by atoms with Gasteiger partial charge in [-0.1, -0.05) is 18.6 Å². The van der Waals surface area contributed by atoms with E-state index in [1.165, 1.54) is 0 Å². The van der Waals surface area contributed by atoms with E-state index in [0.717, 1.165) is 24.8 Å². The molecule has 1 aliphatic carbocycles. The number of nitrogens with one attached hydrogen (secondary N) is 1. The molecule has 0 aliphatic heterocycles. The van der Waals surface area contributed by atoms with E-state index in [2.05, 4.69) is 4.72 Å². The molecule has 0 unspecified atom stereocenters. The average molecular weight is 250 g/mol. The van der Waals surface area contributed by atoms with Gasteiger partial charge in [0.05, 0.1) is 17.4 Å². The van der Waals surface area contributed by atoms with Crippen molar-refractivity contribution in [2.75, 3.05) is 0 Å². The molecule has 17 heavy (non-hydrogen) atoms. The van der Waals surface area contributed by atoms with Gasteiger partial charge in [0.25, 0.3) is 0 Å². The summed E-state index contributed by atoms with van der Waals surface area (Å²) in [6.07, 6.45) is 3.24. The lowest BCUT2D eigenvalue weighted by Crippen LogP contribution is -2.39. The van der Waals surface area contributed by atoms with Crippen LogP contribution in [0, 0.1) is 11.3 Å². The number of hydrogen-bond acceptors (Lipinski definition) is 3. The highest BCUT2D eigenvalue weighted by Crippen LogP contribution is 2.21. The van der Waals surface area contributed by atoms with Crippen molar-refractivity contribution in [3.05, 3.63) is 29.8 Å². The fraction of sp³-hybridized carbons (Fsp3) is 0.417. The lowest BCUT2D eigenvalue weighted by molar-refractivity contribution is 0.383. The van der Waals surface area contributed by atoms with Gasteiger partial charge in [-0.3, -0.25) is 0 Å². The lowest BCUT2D eigenvalue weighted by Gasteiger charge is -2.26. The number of benzene rings is 1. The predicted molar refractivity (Wildman–Crippen MR) is 63.7 cm³/mol. The molecule has 4 nitrogen and oxygen atoms in total. The molecule has 5 heteroatoms. The molecule has 1 N–H and O–H groups in total. The molecular formula is C12H14N2O2S. The minimum absolute atomic E-state index is 0.0961. The highest BCUT2D eigenvalue weighted by atomic mass is 32.2. The maximum atomic E-state index is 11.9. The first-order chi connectivity index (χ1) is 8.12. The smallest absolute Gasteiger partial charge is 0.208 e. The predicted octanol–water partition coefficient (Wildman–Crippen LogP) is 1.58. The minimum atomic E-state index is -3.38. The molecule has 0 atom stereocenters. The summed E-state index contributed by atoms with van der Waals surface area (Å²) in [5.41, 5.74) is 0.829. The van der Waals surface area contributed by atoms with Gasteiger partial charge in [0.1, 0.15) is 0 Å². The molecule has 1 aliphatic rings. The van der Waals surface area contributed by atoms with Crippen LogP contribution >= 0.6 is 0 Å². The molecule has 0 radical (unpaired) electrons. The van der Waals surface area contributed by atoms with Crippen LogP contribution in [0.5, 0.6) is 0 Å². The Bertz CT molecular complexity index is 525. The molecule has 0 saturated heterocycles. The van der Waals surface area contributed by atoms with E-state index >= 15 is 0 Å². The summed E-state index contributed by atoms with van der Waals surface area (Å²) in [5.74, 6) is 0. The molecule has 90 valence electrons. The summed E-state index contributed by atoms with van der Waals surface area (Å²) in [4.78, 5) is 0.270. The van der Waals surface area contributed by atoms with E-state index in [-0.39, 0.29) is 10.9 Å². The topological polar surface area (TPSA) is 70.0 Å². The lowest BCUT2D eigenvalue weighted by atomic mass is 9.94. The molecule has 0 spiro atoms. The van der Waals surface area contributed by atoms with Gasteiger partial charge < -0.3 is 0 Å². The Kier molecular flexibility index (Phi) is 3.46. The van der Waals surface area contributed by atoms with Crippen molar-refractivity contribution in [1.29, 1.82) is 5.26 Å². The van der Waals surface area contributed by atoms with Gasteiger partial charge in [0.2, 0.25) is 10.0 Å². The zero-order valence-corrected chi connectivity index (χ0v) is 10.2. The molecular weight excluding hydrogens is 236 g/mol. The Hall–Kier alpha value is -1.38. The van der Waals surface area contributed by atoms with Crippen LogP contribution in [0.2, 0.25) is 0 Å². The van der Waals surface area contributed by atoms with Gasteiger partial charge in [-0.15, -0.1) is 0 Å². The number of nitrogens with zero attached hydrogens (tertiary/aromatic N) is 1. The fourth-order valence-corrected chi connectivity index (χ4v) is 3.00. The SMILES string of the molecule is N#CCc1ccc(S(=O)(=O)NC2CCC2)cc1. The van der Waals surface area contributed by atoms with Gasteiger partial charge in [0.15, 0.2) is 0 Å². The van der Waals surface area contributed by atoms with Crippen LogP contribution < -0.4 is 4.72 Å². The molecule has 1 saturated carbocycles. The largest absolute Gasteiger partial charge is 0.240 e. The second-order valence-electron chi connectivity index (χ2n) is 4.23. The quantitative estimate of drug-likeness (QED) is 0.882. The zero-order valence-electron chi connectivity index (χ0n) is 9.39. The average Bonchev–Trinajstić information content (AvgIpc) is 2.25. The molecule has 0 amide bonds. The van der Waals surface area contributed by atoms with Crippen LogP contribution in [0.1, 0.15) is 24.8 Å². The van der Waals surface area contributed by atoms with Crippen molar-refractivity contribution in [2.24, 2.45) is 0 Å². The number of hydrogen-bond donors (Lipinski definition) is 1. The molecule has 1 aromatic rings. The fourth-order valence-electron chi connectivity index (χ4n) is 1.69.